The molecule has 0 radical (unpaired) electrons. The SMILES string of the molecule is Cc1cc(S(=O)(=O)NCCc2noc(C(C)(C)C)n2)ccc1F. The second-order valence-corrected chi connectivity index (χ2v) is 8.09. The number of aryl methyl sites for hydroxylation is 1. The summed E-state index contributed by atoms with van der Waals surface area (Å²) in [4.78, 5) is 4.27. The van der Waals surface area contributed by atoms with Crippen molar-refractivity contribution in [2.24, 2.45) is 0 Å². The predicted molar refractivity (Wildman–Crippen MR) is 83.0 cm³/mol. The summed E-state index contributed by atoms with van der Waals surface area (Å²) in [5.74, 6) is 0.503. The number of aromatic nitrogens is 2. The Bertz CT molecular complexity index is 795. The molecule has 2 rings (SSSR count). The van der Waals surface area contributed by atoms with E-state index in [0.29, 0.717) is 18.1 Å². The minimum Gasteiger partial charge on any atom is -0.339 e. The van der Waals surface area contributed by atoms with E-state index in [4.69, 9.17) is 4.52 Å². The minimum atomic E-state index is -3.69. The molecule has 0 aliphatic carbocycles. The zero-order valence-electron chi connectivity index (χ0n) is 13.6. The average Bonchev–Trinajstić information content (AvgIpc) is 2.90. The van der Waals surface area contributed by atoms with Gasteiger partial charge in [-0.15, -0.1) is 0 Å². The highest BCUT2D eigenvalue weighted by Gasteiger charge is 2.22. The summed E-state index contributed by atoms with van der Waals surface area (Å²) in [5.41, 5.74) is 0.0250. The van der Waals surface area contributed by atoms with Crippen LogP contribution in [0.1, 0.15) is 38.0 Å². The molecule has 23 heavy (non-hydrogen) atoms. The van der Waals surface area contributed by atoms with Crippen molar-refractivity contribution in [3.8, 4) is 0 Å². The van der Waals surface area contributed by atoms with Crippen LogP contribution in [0.25, 0.3) is 0 Å². The topological polar surface area (TPSA) is 85.1 Å². The van der Waals surface area contributed by atoms with Crippen molar-refractivity contribution < 1.29 is 17.3 Å². The smallest absolute Gasteiger partial charge is 0.240 e. The normalized spacial score (nSPS) is 12.6. The molecule has 8 heteroatoms. The number of rotatable bonds is 5. The maximum Gasteiger partial charge on any atom is 0.240 e. The van der Waals surface area contributed by atoms with Crippen molar-refractivity contribution in [1.82, 2.24) is 14.9 Å². The van der Waals surface area contributed by atoms with Crippen LogP contribution in [-0.4, -0.2) is 25.1 Å². The number of nitrogens with zero attached hydrogens (tertiary/aromatic N) is 2. The highest BCUT2D eigenvalue weighted by atomic mass is 32.2. The Kier molecular flexibility index (Phi) is 4.86. The Labute approximate surface area is 135 Å². The lowest BCUT2D eigenvalue weighted by Gasteiger charge is -2.10. The molecular weight excluding hydrogens is 321 g/mol. The molecule has 0 fully saturated rings. The highest BCUT2D eigenvalue weighted by Crippen LogP contribution is 2.19. The van der Waals surface area contributed by atoms with Gasteiger partial charge in [0.2, 0.25) is 15.9 Å². The summed E-state index contributed by atoms with van der Waals surface area (Å²) in [5, 5.41) is 3.83. The second kappa shape index (κ2) is 6.37. The maximum absolute atomic E-state index is 13.2. The fourth-order valence-electron chi connectivity index (χ4n) is 1.83. The van der Waals surface area contributed by atoms with Crippen molar-refractivity contribution in [1.29, 1.82) is 0 Å². The van der Waals surface area contributed by atoms with Crippen molar-refractivity contribution in [3.63, 3.8) is 0 Å². The van der Waals surface area contributed by atoms with Crippen LogP contribution in [-0.2, 0) is 21.9 Å². The van der Waals surface area contributed by atoms with Gasteiger partial charge in [0.15, 0.2) is 5.82 Å². The minimum absolute atomic E-state index is 0.0277. The molecule has 1 aromatic heterocycles. The van der Waals surface area contributed by atoms with Gasteiger partial charge in [0, 0.05) is 18.4 Å². The van der Waals surface area contributed by atoms with Gasteiger partial charge in [0.05, 0.1) is 4.90 Å². The Morgan fingerprint density at radius 1 is 1.30 bits per heavy atom. The van der Waals surface area contributed by atoms with Crippen LogP contribution in [0.4, 0.5) is 4.39 Å². The molecule has 2 aromatic rings. The van der Waals surface area contributed by atoms with Crippen LogP contribution in [0.15, 0.2) is 27.6 Å². The molecule has 6 nitrogen and oxygen atoms in total. The third-order valence-electron chi connectivity index (χ3n) is 3.19. The van der Waals surface area contributed by atoms with Crippen molar-refractivity contribution in [2.75, 3.05) is 6.54 Å². The van der Waals surface area contributed by atoms with E-state index in [1.807, 2.05) is 20.8 Å². The van der Waals surface area contributed by atoms with Crippen LogP contribution in [0.5, 0.6) is 0 Å². The summed E-state index contributed by atoms with van der Waals surface area (Å²) in [6, 6.07) is 3.67. The third-order valence-corrected chi connectivity index (χ3v) is 4.65. The monoisotopic (exact) mass is 341 g/mol. The fraction of sp³-hybridized carbons (Fsp3) is 0.467. The quantitative estimate of drug-likeness (QED) is 0.902. The van der Waals surface area contributed by atoms with E-state index in [1.54, 1.807) is 0 Å². The van der Waals surface area contributed by atoms with Gasteiger partial charge in [0.1, 0.15) is 5.82 Å². The molecular formula is C15H20FN3O3S. The molecule has 0 saturated heterocycles. The number of halogens is 1. The van der Waals surface area contributed by atoms with Gasteiger partial charge in [-0.25, -0.2) is 17.5 Å². The van der Waals surface area contributed by atoms with Crippen LogP contribution in [0.2, 0.25) is 0 Å². The largest absolute Gasteiger partial charge is 0.339 e. The molecule has 0 unspecified atom stereocenters. The standard InChI is InChI=1S/C15H20FN3O3S/c1-10-9-11(5-6-12(10)16)23(20,21)17-8-7-13-18-14(22-19-13)15(2,3)4/h5-6,9,17H,7-8H2,1-4H3. The van der Waals surface area contributed by atoms with Gasteiger partial charge in [-0.3, -0.25) is 0 Å². The van der Waals surface area contributed by atoms with Gasteiger partial charge in [-0.1, -0.05) is 25.9 Å². The first kappa shape index (κ1) is 17.6. The number of hydrogen-bond donors (Lipinski definition) is 1. The fourth-order valence-corrected chi connectivity index (χ4v) is 2.94. The number of nitrogens with one attached hydrogen (secondary N) is 1. The molecule has 1 N–H and O–H groups in total. The van der Waals surface area contributed by atoms with E-state index >= 15 is 0 Å². The summed E-state index contributed by atoms with van der Waals surface area (Å²) < 4.78 is 45.1. The van der Waals surface area contributed by atoms with E-state index in [-0.39, 0.29) is 22.4 Å². The van der Waals surface area contributed by atoms with Gasteiger partial charge in [-0.2, -0.15) is 4.98 Å². The zero-order chi connectivity index (χ0) is 17.3. The Morgan fingerprint density at radius 3 is 2.57 bits per heavy atom. The van der Waals surface area contributed by atoms with E-state index in [0.717, 1.165) is 6.07 Å². The molecule has 0 bridgehead atoms. The van der Waals surface area contributed by atoms with Crippen molar-refractivity contribution >= 4 is 10.0 Å². The molecule has 0 saturated carbocycles. The molecule has 1 aromatic carbocycles. The van der Waals surface area contributed by atoms with E-state index in [2.05, 4.69) is 14.9 Å². The number of sulfonamides is 1. The van der Waals surface area contributed by atoms with Crippen molar-refractivity contribution in [3.05, 3.63) is 41.3 Å². The highest BCUT2D eigenvalue weighted by molar-refractivity contribution is 7.89. The van der Waals surface area contributed by atoms with Gasteiger partial charge < -0.3 is 4.52 Å². The first-order chi connectivity index (χ1) is 10.6. The average molecular weight is 341 g/mol. The molecule has 0 spiro atoms. The first-order valence-electron chi connectivity index (χ1n) is 7.18. The van der Waals surface area contributed by atoms with E-state index in [1.165, 1.54) is 19.1 Å². The molecule has 126 valence electrons. The van der Waals surface area contributed by atoms with Crippen molar-refractivity contribution in [2.45, 2.75) is 44.4 Å². The maximum atomic E-state index is 13.2. The number of hydrogen-bond acceptors (Lipinski definition) is 5. The Hall–Kier alpha value is -1.80. The number of benzene rings is 1. The van der Waals surface area contributed by atoms with E-state index < -0.39 is 15.8 Å². The van der Waals surface area contributed by atoms with Gasteiger partial charge >= 0.3 is 0 Å². The first-order valence-corrected chi connectivity index (χ1v) is 8.67. The predicted octanol–water partition coefficient (Wildman–Crippen LogP) is 2.34. The van der Waals surface area contributed by atoms with Crippen LogP contribution in [0, 0.1) is 12.7 Å². The zero-order valence-corrected chi connectivity index (χ0v) is 14.4. The Morgan fingerprint density at radius 2 is 2.00 bits per heavy atom. The molecule has 0 aliphatic heterocycles. The van der Waals surface area contributed by atoms with Gasteiger partial charge in [-0.05, 0) is 30.7 Å². The van der Waals surface area contributed by atoms with Gasteiger partial charge in [0.25, 0.3) is 0 Å². The van der Waals surface area contributed by atoms with Crippen LogP contribution >= 0.6 is 0 Å². The lowest BCUT2D eigenvalue weighted by molar-refractivity contribution is 0.318. The van der Waals surface area contributed by atoms with Crippen LogP contribution < -0.4 is 4.72 Å². The lowest BCUT2D eigenvalue weighted by atomic mass is 9.97. The second-order valence-electron chi connectivity index (χ2n) is 6.32. The molecule has 0 amide bonds. The third kappa shape index (κ3) is 4.35. The summed E-state index contributed by atoms with van der Waals surface area (Å²) in [6.45, 7) is 7.49. The summed E-state index contributed by atoms with van der Waals surface area (Å²) in [6.07, 6.45) is 0.305. The van der Waals surface area contributed by atoms with E-state index in [9.17, 15) is 12.8 Å². The summed E-state index contributed by atoms with van der Waals surface area (Å²) >= 11 is 0. The lowest BCUT2D eigenvalue weighted by Crippen LogP contribution is -2.26. The molecule has 0 atom stereocenters. The Balaban J connectivity index is 2.00. The van der Waals surface area contributed by atoms with Crippen LogP contribution in [0.3, 0.4) is 0 Å². The molecule has 0 aliphatic rings. The summed E-state index contributed by atoms with van der Waals surface area (Å²) in [7, 11) is -3.69. The molecule has 1 heterocycles.